The van der Waals surface area contributed by atoms with Crippen LogP contribution in [0.1, 0.15) is 12.8 Å². The Kier molecular flexibility index (Phi) is 5.87. The minimum Gasteiger partial charge on any atom is -0.481 e. The lowest BCUT2D eigenvalue weighted by atomic mass is 10.1. The molecule has 0 saturated carbocycles. The minimum atomic E-state index is -0.944. The molecule has 18 heavy (non-hydrogen) atoms. The predicted molar refractivity (Wildman–Crippen MR) is 65.2 cm³/mol. The number of rotatable bonds is 6. The Bertz CT molecular complexity index is 298. The number of aliphatic carboxylic acids is 1. The SMILES string of the molecule is COC(CNC(=O)N1CCC(CN)C1)CC(=O)O. The van der Waals surface area contributed by atoms with Gasteiger partial charge >= 0.3 is 12.0 Å². The van der Waals surface area contributed by atoms with Gasteiger partial charge in [0.2, 0.25) is 0 Å². The van der Waals surface area contributed by atoms with Crippen LogP contribution in [0.5, 0.6) is 0 Å². The molecule has 1 fully saturated rings. The second-order valence-electron chi connectivity index (χ2n) is 4.48. The van der Waals surface area contributed by atoms with Crippen molar-refractivity contribution in [1.82, 2.24) is 10.2 Å². The number of nitrogens with one attached hydrogen (secondary N) is 1. The molecule has 1 saturated heterocycles. The van der Waals surface area contributed by atoms with Gasteiger partial charge in [0, 0.05) is 26.7 Å². The van der Waals surface area contributed by atoms with Gasteiger partial charge in [-0.05, 0) is 18.9 Å². The highest BCUT2D eigenvalue weighted by Crippen LogP contribution is 2.14. The Balaban J connectivity index is 2.29. The van der Waals surface area contributed by atoms with Gasteiger partial charge in [-0.2, -0.15) is 0 Å². The molecule has 1 aliphatic rings. The molecule has 0 aromatic heterocycles. The number of carboxylic acid groups (broad SMARTS) is 1. The fraction of sp³-hybridized carbons (Fsp3) is 0.818. The maximum absolute atomic E-state index is 11.8. The number of likely N-dealkylation sites (tertiary alicyclic amines) is 1. The average molecular weight is 259 g/mol. The summed E-state index contributed by atoms with van der Waals surface area (Å²) in [6.45, 7) is 2.15. The molecule has 4 N–H and O–H groups in total. The summed E-state index contributed by atoms with van der Waals surface area (Å²) >= 11 is 0. The van der Waals surface area contributed by atoms with Gasteiger partial charge in [0.1, 0.15) is 0 Å². The highest BCUT2D eigenvalue weighted by Gasteiger charge is 2.25. The predicted octanol–water partition coefficient (Wildman–Crippen LogP) is -0.534. The molecular formula is C11H21N3O4. The number of nitrogens with zero attached hydrogens (tertiary/aromatic N) is 1. The zero-order valence-electron chi connectivity index (χ0n) is 10.6. The number of hydrogen-bond donors (Lipinski definition) is 3. The quantitative estimate of drug-likeness (QED) is 0.594. The molecule has 1 heterocycles. The Labute approximate surface area is 106 Å². The number of carbonyl (C=O) groups is 2. The van der Waals surface area contributed by atoms with Crippen LogP contribution in [0.15, 0.2) is 0 Å². The standard InChI is InChI=1S/C11H21N3O4/c1-18-9(4-10(15)16)6-13-11(17)14-3-2-8(5-12)7-14/h8-9H,2-7,12H2,1H3,(H,13,17)(H,15,16). The summed E-state index contributed by atoms with van der Waals surface area (Å²) in [4.78, 5) is 24.0. The van der Waals surface area contributed by atoms with Crippen molar-refractivity contribution in [3.05, 3.63) is 0 Å². The zero-order valence-corrected chi connectivity index (χ0v) is 10.6. The highest BCUT2D eigenvalue weighted by molar-refractivity contribution is 5.74. The van der Waals surface area contributed by atoms with Crippen LogP contribution in [0, 0.1) is 5.92 Å². The molecule has 0 spiro atoms. The fourth-order valence-electron chi connectivity index (χ4n) is 1.96. The number of carbonyl (C=O) groups excluding carboxylic acids is 1. The maximum atomic E-state index is 11.8. The largest absolute Gasteiger partial charge is 0.481 e. The van der Waals surface area contributed by atoms with Gasteiger partial charge in [0.15, 0.2) is 0 Å². The molecule has 0 aromatic carbocycles. The smallest absolute Gasteiger partial charge is 0.317 e. The van der Waals surface area contributed by atoms with Gasteiger partial charge in [0.05, 0.1) is 12.5 Å². The van der Waals surface area contributed by atoms with E-state index in [4.69, 9.17) is 15.6 Å². The fourth-order valence-corrected chi connectivity index (χ4v) is 1.96. The summed E-state index contributed by atoms with van der Waals surface area (Å²) in [5.74, 6) is -0.576. The van der Waals surface area contributed by atoms with Crippen LogP contribution in [0.25, 0.3) is 0 Å². The molecule has 2 amide bonds. The molecule has 7 heteroatoms. The van der Waals surface area contributed by atoms with E-state index >= 15 is 0 Å². The van der Waals surface area contributed by atoms with Gasteiger partial charge in [0.25, 0.3) is 0 Å². The summed E-state index contributed by atoms with van der Waals surface area (Å²) in [6.07, 6.45) is 0.300. The van der Waals surface area contributed by atoms with Crippen LogP contribution in [-0.4, -0.2) is 61.4 Å². The van der Waals surface area contributed by atoms with E-state index in [-0.39, 0.29) is 19.0 Å². The molecule has 0 aliphatic carbocycles. The maximum Gasteiger partial charge on any atom is 0.317 e. The van der Waals surface area contributed by atoms with Gasteiger partial charge in [-0.1, -0.05) is 0 Å². The van der Waals surface area contributed by atoms with Crippen molar-refractivity contribution in [2.45, 2.75) is 18.9 Å². The number of urea groups is 1. The Morgan fingerprint density at radius 1 is 1.61 bits per heavy atom. The number of hydrogen-bond acceptors (Lipinski definition) is 4. The summed E-state index contributed by atoms with van der Waals surface area (Å²) in [5.41, 5.74) is 5.55. The van der Waals surface area contributed by atoms with Gasteiger partial charge in [-0.3, -0.25) is 4.79 Å². The van der Waals surface area contributed by atoms with Crippen LogP contribution in [0.4, 0.5) is 4.79 Å². The van der Waals surface area contributed by atoms with E-state index in [9.17, 15) is 9.59 Å². The third-order valence-corrected chi connectivity index (χ3v) is 3.12. The third-order valence-electron chi connectivity index (χ3n) is 3.12. The van der Waals surface area contributed by atoms with E-state index in [0.29, 0.717) is 25.6 Å². The van der Waals surface area contributed by atoms with Crippen LogP contribution in [0.3, 0.4) is 0 Å². The second-order valence-corrected chi connectivity index (χ2v) is 4.48. The third kappa shape index (κ3) is 4.50. The summed E-state index contributed by atoms with van der Waals surface area (Å²) in [5, 5.41) is 11.3. The van der Waals surface area contributed by atoms with Gasteiger partial charge in [-0.25, -0.2) is 4.79 Å². The van der Waals surface area contributed by atoms with Crippen LogP contribution >= 0.6 is 0 Å². The first-order valence-electron chi connectivity index (χ1n) is 6.04. The molecule has 1 rings (SSSR count). The Morgan fingerprint density at radius 3 is 2.83 bits per heavy atom. The number of methoxy groups -OCH3 is 1. The van der Waals surface area contributed by atoms with Crippen LogP contribution < -0.4 is 11.1 Å². The number of ether oxygens (including phenoxy) is 1. The van der Waals surface area contributed by atoms with Gasteiger partial charge < -0.3 is 25.8 Å². The average Bonchev–Trinajstić information content (AvgIpc) is 2.82. The molecule has 0 aromatic rings. The molecule has 0 bridgehead atoms. The van der Waals surface area contributed by atoms with Crippen molar-refractivity contribution in [3.8, 4) is 0 Å². The van der Waals surface area contributed by atoms with E-state index in [2.05, 4.69) is 5.32 Å². The normalized spacial score (nSPS) is 20.8. The van der Waals surface area contributed by atoms with Crippen molar-refractivity contribution < 1.29 is 19.4 Å². The van der Waals surface area contributed by atoms with E-state index in [1.165, 1.54) is 7.11 Å². The van der Waals surface area contributed by atoms with Crippen LogP contribution in [0.2, 0.25) is 0 Å². The van der Waals surface area contributed by atoms with Crippen molar-refractivity contribution in [1.29, 1.82) is 0 Å². The first-order valence-corrected chi connectivity index (χ1v) is 6.04. The summed E-state index contributed by atoms with van der Waals surface area (Å²) in [7, 11) is 1.43. The molecule has 1 aliphatic heterocycles. The Morgan fingerprint density at radius 2 is 2.33 bits per heavy atom. The number of nitrogens with two attached hydrogens (primary N) is 1. The van der Waals surface area contributed by atoms with E-state index in [1.807, 2.05) is 0 Å². The van der Waals surface area contributed by atoms with Crippen molar-refractivity contribution in [3.63, 3.8) is 0 Å². The first kappa shape index (κ1) is 14.7. The molecule has 0 radical (unpaired) electrons. The van der Waals surface area contributed by atoms with E-state index in [0.717, 1.165) is 6.42 Å². The molecule has 7 nitrogen and oxygen atoms in total. The molecule has 104 valence electrons. The monoisotopic (exact) mass is 259 g/mol. The summed E-state index contributed by atoms with van der Waals surface area (Å²) < 4.78 is 4.98. The lowest BCUT2D eigenvalue weighted by molar-refractivity contribution is -0.139. The number of carboxylic acids is 1. The lowest BCUT2D eigenvalue weighted by Crippen LogP contribution is -2.42. The van der Waals surface area contributed by atoms with Crippen LogP contribution in [-0.2, 0) is 9.53 Å². The summed E-state index contributed by atoms with van der Waals surface area (Å²) in [6, 6.07) is -0.182. The first-order chi connectivity index (χ1) is 8.56. The minimum absolute atomic E-state index is 0.123. The molecular weight excluding hydrogens is 238 g/mol. The van der Waals surface area contributed by atoms with Crippen molar-refractivity contribution in [2.24, 2.45) is 11.7 Å². The molecule has 2 atom stereocenters. The van der Waals surface area contributed by atoms with Crippen molar-refractivity contribution >= 4 is 12.0 Å². The zero-order chi connectivity index (χ0) is 13.5. The highest BCUT2D eigenvalue weighted by atomic mass is 16.5. The topological polar surface area (TPSA) is 105 Å². The van der Waals surface area contributed by atoms with E-state index in [1.54, 1.807) is 4.90 Å². The van der Waals surface area contributed by atoms with Gasteiger partial charge in [-0.15, -0.1) is 0 Å². The lowest BCUT2D eigenvalue weighted by Gasteiger charge is -2.19. The second kappa shape index (κ2) is 7.17. The van der Waals surface area contributed by atoms with Crippen molar-refractivity contribution in [2.75, 3.05) is 33.3 Å². The number of amides is 2. The Hall–Kier alpha value is -1.34. The molecule has 2 unspecified atom stereocenters. The van der Waals surface area contributed by atoms with E-state index < -0.39 is 12.1 Å².